The number of hydrogen-bond donors (Lipinski definition) is 1. The van der Waals surface area contributed by atoms with Gasteiger partial charge in [-0.1, -0.05) is 11.6 Å². The number of nitrogens with zero attached hydrogens (tertiary/aromatic N) is 1. The second-order valence-electron chi connectivity index (χ2n) is 2.43. The Morgan fingerprint density at radius 2 is 2.07 bits per heavy atom. The third-order valence-electron chi connectivity index (χ3n) is 1.70. The molecule has 0 unspecified atom stereocenters. The molecule has 0 radical (unpaired) electrons. The molecule has 14 heavy (non-hydrogen) atoms. The fourth-order valence-electron chi connectivity index (χ4n) is 1.06. The molecule has 74 valence electrons. The molecule has 0 bridgehead atoms. The number of halogens is 1. The van der Waals surface area contributed by atoms with Crippen LogP contribution in [0.25, 0.3) is 0 Å². The lowest BCUT2D eigenvalue weighted by atomic mass is 10.2. The van der Waals surface area contributed by atoms with Crippen molar-refractivity contribution in [1.82, 2.24) is 0 Å². The van der Waals surface area contributed by atoms with Crippen LogP contribution in [-0.2, 0) is 0 Å². The highest BCUT2D eigenvalue weighted by molar-refractivity contribution is 6.33. The molecule has 0 aliphatic carbocycles. The van der Waals surface area contributed by atoms with Gasteiger partial charge in [0.1, 0.15) is 22.4 Å². The number of phenols is 1. The van der Waals surface area contributed by atoms with E-state index >= 15 is 0 Å². The van der Waals surface area contributed by atoms with E-state index in [1.807, 2.05) is 6.07 Å². The predicted octanol–water partition coefficient (Wildman–Crippen LogP) is 1.93. The maximum Gasteiger partial charge on any atom is 0.180 e. The van der Waals surface area contributed by atoms with Crippen molar-refractivity contribution in [2.75, 3.05) is 14.2 Å². The summed E-state index contributed by atoms with van der Waals surface area (Å²) < 4.78 is 9.87. The van der Waals surface area contributed by atoms with E-state index in [2.05, 4.69) is 0 Å². The van der Waals surface area contributed by atoms with Crippen molar-refractivity contribution < 1.29 is 14.6 Å². The average Bonchev–Trinajstić information content (AvgIpc) is 2.20. The van der Waals surface area contributed by atoms with Gasteiger partial charge in [0, 0.05) is 6.07 Å². The quantitative estimate of drug-likeness (QED) is 0.816. The molecule has 0 saturated carbocycles. The number of hydrogen-bond acceptors (Lipinski definition) is 4. The summed E-state index contributed by atoms with van der Waals surface area (Å²) >= 11 is 5.70. The van der Waals surface area contributed by atoms with Crippen molar-refractivity contribution in [1.29, 1.82) is 5.26 Å². The lowest BCUT2D eigenvalue weighted by molar-refractivity contribution is 0.350. The summed E-state index contributed by atoms with van der Waals surface area (Å²) in [6.07, 6.45) is 0. The molecular formula is C9H8ClNO3. The first kappa shape index (κ1) is 10.5. The van der Waals surface area contributed by atoms with Gasteiger partial charge >= 0.3 is 0 Å². The number of aromatic hydroxyl groups is 1. The molecule has 4 nitrogen and oxygen atoms in total. The highest BCUT2D eigenvalue weighted by atomic mass is 35.5. The number of benzene rings is 1. The molecule has 0 saturated heterocycles. The van der Waals surface area contributed by atoms with Gasteiger partial charge in [0.15, 0.2) is 11.5 Å². The van der Waals surface area contributed by atoms with Crippen LogP contribution in [0.5, 0.6) is 17.2 Å². The minimum Gasteiger partial charge on any atom is -0.506 e. The van der Waals surface area contributed by atoms with Crippen LogP contribution >= 0.6 is 11.6 Å². The molecular weight excluding hydrogens is 206 g/mol. The van der Waals surface area contributed by atoms with Crippen LogP contribution in [0.1, 0.15) is 5.56 Å². The summed E-state index contributed by atoms with van der Waals surface area (Å²) in [5.41, 5.74) is 0.0611. The second kappa shape index (κ2) is 4.07. The number of rotatable bonds is 2. The van der Waals surface area contributed by atoms with E-state index in [1.54, 1.807) is 0 Å². The van der Waals surface area contributed by atoms with Crippen LogP contribution in [-0.4, -0.2) is 19.3 Å². The number of methoxy groups -OCH3 is 2. The summed E-state index contributed by atoms with van der Waals surface area (Å²) in [7, 11) is 2.80. The maximum absolute atomic E-state index is 9.34. The Kier molecular flexibility index (Phi) is 3.05. The smallest absolute Gasteiger partial charge is 0.180 e. The van der Waals surface area contributed by atoms with Crippen molar-refractivity contribution in [2.24, 2.45) is 0 Å². The van der Waals surface area contributed by atoms with E-state index in [0.717, 1.165) is 0 Å². The molecule has 0 spiro atoms. The minimum absolute atomic E-state index is 0.0369. The van der Waals surface area contributed by atoms with Crippen molar-refractivity contribution in [3.8, 4) is 23.3 Å². The zero-order chi connectivity index (χ0) is 10.7. The van der Waals surface area contributed by atoms with Gasteiger partial charge in [0.25, 0.3) is 0 Å². The van der Waals surface area contributed by atoms with E-state index in [9.17, 15) is 5.11 Å². The number of nitriles is 1. The number of phenolic OH excluding ortho intramolecular Hbond substituents is 1. The fraction of sp³-hybridized carbons (Fsp3) is 0.222. The van der Waals surface area contributed by atoms with E-state index in [-0.39, 0.29) is 27.8 Å². The Hall–Kier alpha value is -1.60. The molecule has 0 heterocycles. The minimum atomic E-state index is -0.208. The van der Waals surface area contributed by atoms with Gasteiger partial charge < -0.3 is 14.6 Å². The summed E-state index contributed by atoms with van der Waals surface area (Å²) in [6, 6.07) is 3.13. The van der Waals surface area contributed by atoms with Crippen LogP contribution in [0.15, 0.2) is 6.07 Å². The summed E-state index contributed by atoms with van der Waals surface area (Å²) in [5, 5.41) is 18.1. The Morgan fingerprint density at radius 3 is 2.50 bits per heavy atom. The normalized spacial score (nSPS) is 9.29. The third kappa shape index (κ3) is 1.54. The van der Waals surface area contributed by atoms with Gasteiger partial charge in [-0.05, 0) is 0 Å². The average molecular weight is 214 g/mol. The molecule has 0 amide bonds. The lowest BCUT2D eigenvalue weighted by Crippen LogP contribution is -1.94. The Morgan fingerprint density at radius 1 is 1.43 bits per heavy atom. The molecule has 1 aromatic rings. The molecule has 0 fully saturated rings. The largest absolute Gasteiger partial charge is 0.506 e. The van der Waals surface area contributed by atoms with E-state index < -0.39 is 0 Å². The number of ether oxygens (including phenoxy) is 2. The van der Waals surface area contributed by atoms with Crippen molar-refractivity contribution in [3.05, 3.63) is 16.7 Å². The van der Waals surface area contributed by atoms with Crippen LogP contribution < -0.4 is 9.47 Å². The Balaban J connectivity index is 3.52. The van der Waals surface area contributed by atoms with Crippen LogP contribution in [0.4, 0.5) is 0 Å². The first-order valence-electron chi connectivity index (χ1n) is 3.69. The SMILES string of the molecule is COc1cc(O)c(Cl)c(C#N)c1OC. The van der Waals surface area contributed by atoms with Gasteiger partial charge in [-0.2, -0.15) is 5.26 Å². The van der Waals surface area contributed by atoms with Crippen molar-refractivity contribution in [3.63, 3.8) is 0 Å². The topological polar surface area (TPSA) is 62.5 Å². The molecule has 1 N–H and O–H groups in total. The lowest BCUT2D eigenvalue weighted by Gasteiger charge is -2.10. The van der Waals surface area contributed by atoms with E-state index in [4.69, 9.17) is 26.3 Å². The van der Waals surface area contributed by atoms with Gasteiger partial charge in [0.05, 0.1) is 14.2 Å². The summed E-state index contributed by atoms with van der Waals surface area (Å²) in [4.78, 5) is 0. The molecule has 0 aliphatic heterocycles. The van der Waals surface area contributed by atoms with Gasteiger partial charge in [-0.15, -0.1) is 0 Å². The highest BCUT2D eigenvalue weighted by Crippen LogP contribution is 2.41. The van der Waals surface area contributed by atoms with E-state index in [1.165, 1.54) is 20.3 Å². The fourth-order valence-corrected chi connectivity index (χ4v) is 1.24. The molecule has 0 aromatic heterocycles. The standard InChI is InChI=1S/C9H8ClNO3/c1-13-7-3-6(12)8(10)5(4-11)9(7)14-2/h3,12H,1-2H3. The van der Waals surface area contributed by atoms with Gasteiger partial charge in [-0.25, -0.2) is 0 Å². The van der Waals surface area contributed by atoms with Crippen LogP contribution in [0.3, 0.4) is 0 Å². The van der Waals surface area contributed by atoms with E-state index in [0.29, 0.717) is 0 Å². The van der Waals surface area contributed by atoms with Gasteiger partial charge in [0.2, 0.25) is 0 Å². The zero-order valence-electron chi connectivity index (χ0n) is 7.67. The predicted molar refractivity (Wildman–Crippen MR) is 50.9 cm³/mol. The van der Waals surface area contributed by atoms with Crippen molar-refractivity contribution in [2.45, 2.75) is 0 Å². The molecule has 5 heteroatoms. The molecule has 0 atom stereocenters. The molecule has 0 aliphatic rings. The Bertz CT molecular complexity index is 398. The molecule has 1 rings (SSSR count). The van der Waals surface area contributed by atoms with Crippen molar-refractivity contribution >= 4 is 11.6 Å². The monoisotopic (exact) mass is 213 g/mol. The van der Waals surface area contributed by atoms with Crippen LogP contribution in [0, 0.1) is 11.3 Å². The zero-order valence-corrected chi connectivity index (χ0v) is 8.42. The second-order valence-corrected chi connectivity index (χ2v) is 2.81. The Labute approximate surface area is 86.2 Å². The summed E-state index contributed by atoms with van der Waals surface area (Å²) in [5.74, 6) is 0.282. The highest BCUT2D eigenvalue weighted by Gasteiger charge is 2.17. The molecule has 1 aromatic carbocycles. The maximum atomic E-state index is 9.34. The third-order valence-corrected chi connectivity index (χ3v) is 2.08. The summed E-state index contributed by atoms with van der Waals surface area (Å²) in [6.45, 7) is 0. The van der Waals surface area contributed by atoms with Crippen LogP contribution in [0.2, 0.25) is 5.02 Å². The first-order valence-corrected chi connectivity index (χ1v) is 4.07. The first-order chi connectivity index (χ1) is 6.65. The van der Waals surface area contributed by atoms with Gasteiger partial charge in [-0.3, -0.25) is 0 Å².